The third-order valence-electron chi connectivity index (χ3n) is 2.23. The van der Waals surface area contributed by atoms with Crippen LogP contribution >= 0.6 is 11.3 Å². The molecule has 0 fully saturated rings. The first-order chi connectivity index (χ1) is 7.54. The van der Waals surface area contributed by atoms with Crippen LogP contribution in [-0.4, -0.2) is 30.3 Å². The third kappa shape index (κ3) is 3.59. The lowest BCUT2D eigenvalue weighted by Crippen LogP contribution is -2.44. The molecule has 4 nitrogen and oxygen atoms in total. The van der Waals surface area contributed by atoms with E-state index in [1.807, 2.05) is 19.1 Å². The van der Waals surface area contributed by atoms with E-state index in [9.17, 15) is 9.90 Å². The second-order valence-electron chi connectivity index (χ2n) is 3.63. The third-order valence-corrected chi connectivity index (χ3v) is 3.23. The number of hydrogen-bond acceptors (Lipinski definition) is 5. The zero-order chi connectivity index (χ0) is 12.1. The predicted octanol–water partition coefficient (Wildman–Crippen LogP) is 1.07. The number of aliphatic hydroxyl groups excluding tert-OH is 1. The minimum Gasteiger partial charge on any atom is -0.468 e. The summed E-state index contributed by atoms with van der Waals surface area (Å²) in [7, 11) is 1.31. The molecule has 0 unspecified atom stereocenters. The molecular weight excluding hydrogens is 226 g/mol. The van der Waals surface area contributed by atoms with Crippen LogP contribution < -0.4 is 5.32 Å². The fourth-order valence-electron chi connectivity index (χ4n) is 1.37. The van der Waals surface area contributed by atoms with Gasteiger partial charge in [-0.2, -0.15) is 0 Å². The van der Waals surface area contributed by atoms with Crippen molar-refractivity contribution in [1.29, 1.82) is 0 Å². The Bertz CT molecular complexity index is 349. The van der Waals surface area contributed by atoms with Gasteiger partial charge in [0.2, 0.25) is 0 Å². The van der Waals surface area contributed by atoms with Crippen LogP contribution in [0.1, 0.15) is 16.7 Å². The van der Waals surface area contributed by atoms with Crippen LogP contribution in [-0.2, 0) is 16.1 Å². The van der Waals surface area contributed by atoms with Gasteiger partial charge in [0, 0.05) is 16.3 Å². The zero-order valence-corrected chi connectivity index (χ0v) is 10.5. The Kier molecular flexibility index (Phi) is 4.92. The lowest BCUT2D eigenvalue weighted by Gasteiger charge is -2.18. The number of rotatable bonds is 5. The fourth-order valence-corrected chi connectivity index (χ4v) is 2.21. The van der Waals surface area contributed by atoms with Crippen molar-refractivity contribution >= 4 is 17.3 Å². The van der Waals surface area contributed by atoms with E-state index < -0.39 is 18.1 Å². The number of carbonyl (C=O) groups is 1. The summed E-state index contributed by atoms with van der Waals surface area (Å²) >= 11 is 1.66. The molecule has 0 bridgehead atoms. The van der Waals surface area contributed by atoms with Gasteiger partial charge in [-0.3, -0.25) is 10.1 Å². The van der Waals surface area contributed by atoms with E-state index in [1.54, 1.807) is 18.3 Å². The Labute approximate surface area is 99.2 Å². The topological polar surface area (TPSA) is 58.6 Å². The summed E-state index contributed by atoms with van der Waals surface area (Å²) in [5, 5.41) is 12.4. The van der Waals surface area contributed by atoms with Gasteiger partial charge in [0.05, 0.1) is 13.2 Å². The van der Waals surface area contributed by atoms with E-state index in [0.717, 1.165) is 4.88 Å². The van der Waals surface area contributed by atoms with Crippen LogP contribution in [0.4, 0.5) is 0 Å². The summed E-state index contributed by atoms with van der Waals surface area (Å²) in [6.45, 7) is 4.15. The van der Waals surface area contributed by atoms with Crippen LogP contribution in [0.5, 0.6) is 0 Å². The van der Waals surface area contributed by atoms with Crippen molar-refractivity contribution in [1.82, 2.24) is 5.32 Å². The predicted molar refractivity (Wildman–Crippen MR) is 63.4 cm³/mol. The van der Waals surface area contributed by atoms with Gasteiger partial charge >= 0.3 is 5.97 Å². The first-order valence-electron chi connectivity index (χ1n) is 5.09. The lowest BCUT2D eigenvalue weighted by molar-refractivity contribution is -0.145. The molecule has 0 amide bonds. The van der Waals surface area contributed by atoms with E-state index >= 15 is 0 Å². The SMILES string of the molecule is COC(=O)[C@H](NCc1ccc(C)s1)[C@@H](C)O. The van der Waals surface area contributed by atoms with E-state index in [4.69, 9.17) is 0 Å². The van der Waals surface area contributed by atoms with Crippen molar-refractivity contribution in [2.75, 3.05) is 7.11 Å². The van der Waals surface area contributed by atoms with Gasteiger partial charge < -0.3 is 9.84 Å². The molecule has 1 aromatic heterocycles. The maximum atomic E-state index is 11.3. The summed E-state index contributed by atoms with van der Waals surface area (Å²) in [6, 6.07) is 3.35. The number of nitrogens with one attached hydrogen (secondary N) is 1. The van der Waals surface area contributed by atoms with Gasteiger partial charge in [-0.25, -0.2) is 0 Å². The molecule has 90 valence electrons. The van der Waals surface area contributed by atoms with Crippen LogP contribution in [0.15, 0.2) is 12.1 Å². The molecule has 0 aliphatic rings. The Hall–Kier alpha value is -0.910. The largest absolute Gasteiger partial charge is 0.468 e. The average Bonchev–Trinajstić information content (AvgIpc) is 2.63. The Morgan fingerprint density at radius 2 is 2.31 bits per heavy atom. The highest BCUT2D eigenvalue weighted by atomic mass is 32.1. The minimum absolute atomic E-state index is 0.441. The highest BCUT2D eigenvalue weighted by Gasteiger charge is 2.23. The van der Waals surface area contributed by atoms with Crippen molar-refractivity contribution in [3.8, 4) is 0 Å². The summed E-state index contributed by atoms with van der Waals surface area (Å²) < 4.78 is 4.61. The molecule has 1 heterocycles. The van der Waals surface area contributed by atoms with E-state index in [-0.39, 0.29) is 0 Å². The van der Waals surface area contributed by atoms with Crippen molar-refractivity contribution in [3.05, 3.63) is 21.9 Å². The minimum atomic E-state index is -0.770. The van der Waals surface area contributed by atoms with Crippen LogP contribution in [0, 0.1) is 6.92 Å². The first-order valence-corrected chi connectivity index (χ1v) is 5.91. The molecule has 0 saturated carbocycles. The molecule has 0 spiro atoms. The first kappa shape index (κ1) is 13.2. The smallest absolute Gasteiger partial charge is 0.325 e. The molecule has 0 aliphatic carbocycles. The summed E-state index contributed by atoms with van der Waals surface area (Å²) in [6.07, 6.45) is -0.770. The van der Waals surface area contributed by atoms with Crippen molar-refractivity contribution in [2.45, 2.75) is 32.5 Å². The lowest BCUT2D eigenvalue weighted by atomic mass is 10.2. The fraction of sp³-hybridized carbons (Fsp3) is 0.545. The van der Waals surface area contributed by atoms with Gasteiger partial charge in [0.15, 0.2) is 0 Å². The van der Waals surface area contributed by atoms with Crippen LogP contribution in [0.25, 0.3) is 0 Å². The second-order valence-corrected chi connectivity index (χ2v) is 5.01. The molecule has 16 heavy (non-hydrogen) atoms. The quantitative estimate of drug-likeness (QED) is 0.759. The molecule has 2 N–H and O–H groups in total. The zero-order valence-electron chi connectivity index (χ0n) is 9.69. The van der Waals surface area contributed by atoms with Gasteiger partial charge in [-0.15, -0.1) is 11.3 Å². The Balaban J connectivity index is 2.53. The van der Waals surface area contributed by atoms with Gasteiger partial charge in [0.1, 0.15) is 6.04 Å². The molecule has 1 rings (SSSR count). The molecule has 5 heteroatoms. The number of carbonyl (C=O) groups excluding carboxylic acids is 1. The highest BCUT2D eigenvalue weighted by molar-refractivity contribution is 7.11. The van der Waals surface area contributed by atoms with Crippen molar-refractivity contribution < 1.29 is 14.6 Å². The standard InChI is InChI=1S/C11H17NO3S/c1-7-4-5-9(16-7)6-12-10(8(2)13)11(14)15-3/h4-5,8,10,12-13H,6H2,1-3H3/t8-,10-/m1/s1. The number of thiophene rings is 1. The maximum Gasteiger partial charge on any atom is 0.325 e. The number of ether oxygens (including phenoxy) is 1. The van der Waals surface area contributed by atoms with Crippen LogP contribution in [0.3, 0.4) is 0 Å². The number of methoxy groups -OCH3 is 1. The summed E-state index contributed by atoms with van der Waals surface area (Å²) in [5.41, 5.74) is 0. The monoisotopic (exact) mass is 243 g/mol. The average molecular weight is 243 g/mol. The number of aliphatic hydroxyl groups is 1. The molecule has 0 saturated heterocycles. The van der Waals surface area contributed by atoms with E-state index in [0.29, 0.717) is 6.54 Å². The molecule has 0 aliphatic heterocycles. The van der Waals surface area contributed by atoms with E-state index in [2.05, 4.69) is 10.1 Å². The molecule has 0 radical (unpaired) electrons. The number of esters is 1. The summed E-state index contributed by atoms with van der Waals surface area (Å²) in [4.78, 5) is 13.7. The van der Waals surface area contributed by atoms with Crippen LogP contribution in [0.2, 0.25) is 0 Å². The van der Waals surface area contributed by atoms with Gasteiger partial charge in [-0.1, -0.05) is 0 Å². The maximum absolute atomic E-state index is 11.3. The Morgan fingerprint density at radius 3 is 2.75 bits per heavy atom. The Morgan fingerprint density at radius 1 is 1.62 bits per heavy atom. The van der Waals surface area contributed by atoms with E-state index in [1.165, 1.54) is 12.0 Å². The normalized spacial score (nSPS) is 14.5. The number of aryl methyl sites for hydroxylation is 1. The molecule has 2 atom stereocenters. The van der Waals surface area contributed by atoms with Crippen molar-refractivity contribution in [3.63, 3.8) is 0 Å². The van der Waals surface area contributed by atoms with Gasteiger partial charge in [-0.05, 0) is 26.0 Å². The second kappa shape index (κ2) is 5.98. The highest BCUT2D eigenvalue weighted by Crippen LogP contribution is 2.14. The number of hydrogen-bond donors (Lipinski definition) is 2. The van der Waals surface area contributed by atoms with Gasteiger partial charge in [0.25, 0.3) is 0 Å². The van der Waals surface area contributed by atoms with Crippen molar-refractivity contribution in [2.24, 2.45) is 0 Å². The molecular formula is C11H17NO3S. The molecule has 1 aromatic rings. The summed E-state index contributed by atoms with van der Waals surface area (Å²) in [5.74, 6) is -0.441. The molecule has 0 aromatic carbocycles.